The van der Waals surface area contributed by atoms with Crippen LogP contribution in [-0.4, -0.2) is 54.4 Å². The fourth-order valence-electron chi connectivity index (χ4n) is 1.53. The second-order valence-corrected chi connectivity index (χ2v) is 3.51. The minimum absolute atomic E-state index is 0.346. The van der Waals surface area contributed by atoms with Crippen molar-refractivity contribution in [2.75, 3.05) is 26.2 Å². The number of esters is 1. The number of nitrogens with one attached hydrogen (secondary N) is 1. The highest BCUT2D eigenvalue weighted by atomic mass is 16.6. The molecule has 0 bridgehead atoms. The fraction of sp³-hybridized carbons (Fsp3) is 0.750. The average molecular weight is 245 g/mol. The number of amides is 1. The number of carbonyl (C=O) groups excluding carboxylic acids is 2. The molecule has 0 radical (unpaired) electrons. The van der Waals surface area contributed by atoms with Gasteiger partial charge in [-0.25, -0.2) is 0 Å². The molecule has 1 amide bonds. The first-order valence-electron chi connectivity index (χ1n) is 5.08. The molecule has 1 unspecified atom stereocenters. The van der Waals surface area contributed by atoms with E-state index in [1.165, 1.54) is 11.9 Å². The van der Waals surface area contributed by atoms with E-state index in [0.717, 1.165) is 5.12 Å². The second kappa shape index (κ2) is 6.11. The smallest absolute Gasteiger partial charge is 0.304 e. The first kappa shape index (κ1) is 13.3. The monoisotopic (exact) mass is 245 g/mol. The Morgan fingerprint density at radius 2 is 2.35 bits per heavy atom. The van der Waals surface area contributed by atoms with E-state index in [9.17, 15) is 14.5 Å². The molecule has 1 aliphatic heterocycles. The highest BCUT2D eigenvalue weighted by molar-refractivity contribution is 5.75. The molecule has 9 heteroatoms. The lowest BCUT2D eigenvalue weighted by atomic mass is 10.4. The van der Waals surface area contributed by atoms with Crippen LogP contribution in [0.2, 0.25) is 0 Å². The van der Waals surface area contributed by atoms with Crippen LogP contribution < -0.4 is 11.1 Å². The second-order valence-electron chi connectivity index (χ2n) is 3.51. The normalized spacial score (nSPS) is 20.6. The quantitative estimate of drug-likeness (QED) is 0.332. The molecular formula is C8H15N5O4. The molecule has 3 N–H and O–H groups in total. The van der Waals surface area contributed by atoms with Gasteiger partial charge < -0.3 is 15.8 Å². The minimum atomic E-state index is -0.690. The number of ether oxygens (including phenoxy) is 1. The molecule has 17 heavy (non-hydrogen) atoms. The molecule has 9 nitrogen and oxygen atoms in total. The summed E-state index contributed by atoms with van der Waals surface area (Å²) < 4.78 is 5.00. The van der Waals surface area contributed by atoms with Gasteiger partial charge in [-0.1, -0.05) is 0 Å². The van der Waals surface area contributed by atoms with Gasteiger partial charge in [0.25, 0.3) is 0 Å². The summed E-state index contributed by atoms with van der Waals surface area (Å²) in [7, 11) is 0. The Labute approximate surface area is 97.8 Å². The number of hydrogen-bond acceptors (Lipinski definition) is 7. The third kappa shape index (κ3) is 3.96. The summed E-state index contributed by atoms with van der Waals surface area (Å²) in [6.45, 7) is 2.24. The molecule has 0 aliphatic carbocycles. The summed E-state index contributed by atoms with van der Waals surface area (Å²) in [6.07, 6.45) is -0.668. The van der Waals surface area contributed by atoms with E-state index >= 15 is 0 Å². The summed E-state index contributed by atoms with van der Waals surface area (Å²) in [5.41, 5.74) is 4.99. The molecule has 1 aliphatic rings. The summed E-state index contributed by atoms with van der Waals surface area (Å²) in [5, 5.41) is 7.97. The number of hydrazine groups is 1. The number of rotatable bonds is 5. The van der Waals surface area contributed by atoms with Gasteiger partial charge in [-0.05, 0) is 0 Å². The van der Waals surface area contributed by atoms with Crippen molar-refractivity contribution in [2.45, 2.75) is 13.2 Å². The van der Waals surface area contributed by atoms with E-state index in [1.807, 2.05) is 0 Å². The van der Waals surface area contributed by atoms with E-state index in [-0.39, 0.29) is 6.54 Å². The molecule has 0 spiro atoms. The SMILES string of the molecule is CC(=O)OC1CNCCN1N(CC(N)=O)N=O. The zero-order valence-electron chi connectivity index (χ0n) is 9.46. The molecule has 0 aromatic carbocycles. The lowest BCUT2D eigenvalue weighted by molar-refractivity contribution is -0.189. The maximum Gasteiger partial charge on any atom is 0.304 e. The first-order valence-corrected chi connectivity index (χ1v) is 5.08. The lowest BCUT2D eigenvalue weighted by Crippen LogP contribution is -2.59. The van der Waals surface area contributed by atoms with Gasteiger partial charge in [0.05, 0.1) is 5.29 Å². The number of piperazine rings is 1. The molecule has 0 aromatic rings. The number of primary amides is 1. The Hall–Kier alpha value is -1.74. The standard InChI is InChI=1S/C8H15N5O4/c1-6(14)17-8-4-10-2-3-12(8)13(11-16)5-7(9)15/h8,10H,2-5H2,1H3,(H2,9,15). The number of hydrogen-bond donors (Lipinski definition) is 2. The van der Waals surface area contributed by atoms with Crippen molar-refractivity contribution >= 4 is 11.9 Å². The molecule has 1 fully saturated rings. The Balaban J connectivity index is 2.70. The van der Waals surface area contributed by atoms with Gasteiger partial charge in [-0.3, -0.25) is 9.59 Å². The van der Waals surface area contributed by atoms with Gasteiger partial charge >= 0.3 is 5.97 Å². The van der Waals surface area contributed by atoms with Crippen molar-refractivity contribution in [2.24, 2.45) is 11.0 Å². The van der Waals surface area contributed by atoms with Gasteiger partial charge in [-0.2, -0.15) is 10.1 Å². The predicted molar refractivity (Wildman–Crippen MR) is 56.8 cm³/mol. The fourth-order valence-corrected chi connectivity index (χ4v) is 1.53. The minimum Gasteiger partial charge on any atom is -0.443 e. The predicted octanol–water partition coefficient (Wildman–Crippen LogP) is -1.84. The third-order valence-corrected chi connectivity index (χ3v) is 2.16. The van der Waals surface area contributed by atoms with Crippen molar-refractivity contribution in [3.8, 4) is 0 Å². The topological polar surface area (TPSA) is 117 Å². The zero-order chi connectivity index (χ0) is 12.8. The average Bonchev–Trinajstić information content (AvgIpc) is 2.26. The van der Waals surface area contributed by atoms with Crippen molar-refractivity contribution in [1.82, 2.24) is 15.4 Å². The van der Waals surface area contributed by atoms with E-state index in [2.05, 4.69) is 10.6 Å². The van der Waals surface area contributed by atoms with Crippen LogP contribution in [0.1, 0.15) is 6.92 Å². The van der Waals surface area contributed by atoms with Crippen LogP contribution in [0.4, 0.5) is 0 Å². The summed E-state index contributed by atoms with van der Waals surface area (Å²) in [6, 6.07) is 0. The van der Waals surface area contributed by atoms with Crippen LogP contribution >= 0.6 is 0 Å². The molecule has 1 saturated heterocycles. The van der Waals surface area contributed by atoms with Crippen LogP contribution in [0, 0.1) is 4.91 Å². The van der Waals surface area contributed by atoms with Crippen LogP contribution in [-0.2, 0) is 14.3 Å². The van der Waals surface area contributed by atoms with Gasteiger partial charge in [0.2, 0.25) is 5.91 Å². The summed E-state index contributed by atoms with van der Waals surface area (Å²) in [4.78, 5) is 32.3. The lowest BCUT2D eigenvalue weighted by Gasteiger charge is -2.38. The maximum atomic E-state index is 10.9. The Morgan fingerprint density at radius 1 is 1.65 bits per heavy atom. The van der Waals surface area contributed by atoms with Gasteiger partial charge in [0, 0.05) is 26.6 Å². The van der Waals surface area contributed by atoms with E-state index in [1.54, 1.807) is 0 Å². The van der Waals surface area contributed by atoms with Crippen molar-refractivity contribution < 1.29 is 14.3 Å². The Kier molecular flexibility index (Phi) is 4.79. The highest BCUT2D eigenvalue weighted by Crippen LogP contribution is 2.09. The molecule has 0 saturated carbocycles. The van der Waals surface area contributed by atoms with Crippen LogP contribution in [0.15, 0.2) is 5.29 Å². The molecule has 0 aromatic heterocycles. The van der Waals surface area contributed by atoms with Crippen LogP contribution in [0.3, 0.4) is 0 Å². The molecule has 1 heterocycles. The third-order valence-electron chi connectivity index (χ3n) is 2.16. The van der Waals surface area contributed by atoms with E-state index in [0.29, 0.717) is 19.6 Å². The number of carbonyl (C=O) groups is 2. The summed E-state index contributed by atoms with van der Waals surface area (Å²) in [5.74, 6) is -1.17. The van der Waals surface area contributed by atoms with Crippen LogP contribution in [0.25, 0.3) is 0 Å². The maximum absolute atomic E-state index is 10.9. The zero-order valence-corrected chi connectivity index (χ0v) is 9.46. The van der Waals surface area contributed by atoms with Gasteiger partial charge in [0.1, 0.15) is 6.54 Å². The molecule has 1 rings (SSSR count). The van der Waals surface area contributed by atoms with E-state index < -0.39 is 18.1 Å². The van der Waals surface area contributed by atoms with Crippen molar-refractivity contribution in [3.05, 3.63) is 4.91 Å². The summed E-state index contributed by atoms with van der Waals surface area (Å²) >= 11 is 0. The number of nitrogens with zero attached hydrogens (tertiary/aromatic N) is 3. The number of nitroso groups, excluding NO2 is 1. The van der Waals surface area contributed by atoms with Gasteiger partial charge in [0.15, 0.2) is 6.23 Å². The highest BCUT2D eigenvalue weighted by Gasteiger charge is 2.30. The Bertz CT molecular complexity index is 310. The van der Waals surface area contributed by atoms with Crippen molar-refractivity contribution in [3.63, 3.8) is 0 Å². The van der Waals surface area contributed by atoms with Gasteiger partial charge in [-0.15, -0.1) is 4.91 Å². The Morgan fingerprint density at radius 3 is 2.88 bits per heavy atom. The molecule has 96 valence electrons. The largest absolute Gasteiger partial charge is 0.443 e. The number of nitrogens with two attached hydrogens (primary N) is 1. The van der Waals surface area contributed by atoms with Crippen LogP contribution in [0.5, 0.6) is 0 Å². The first-order chi connectivity index (χ1) is 8.04. The van der Waals surface area contributed by atoms with Crippen molar-refractivity contribution in [1.29, 1.82) is 0 Å². The molecular weight excluding hydrogens is 230 g/mol. The van der Waals surface area contributed by atoms with E-state index in [4.69, 9.17) is 10.5 Å². The molecule has 1 atom stereocenters.